The monoisotopic (exact) mass is 338 g/mol. The van der Waals surface area contributed by atoms with Gasteiger partial charge in [0.2, 0.25) is 0 Å². The summed E-state index contributed by atoms with van der Waals surface area (Å²) in [6, 6.07) is 11.1. The Labute approximate surface area is 137 Å². The molecule has 0 spiro atoms. The fourth-order valence-electron chi connectivity index (χ4n) is 1.51. The zero-order valence-corrected chi connectivity index (χ0v) is 12.8. The van der Waals surface area contributed by atoms with E-state index in [0.717, 1.165) is 5.56 Å². The summed E-state index contributed by atoms with van der Waals surface area (Å²) in [7, 11) is 0. The first-order valence-corrected chi connectivity index (χ1v) is 6.99. The van der Waals surface area contributed by atoms with Crippen LogP contribution >= 0.6 is 23.2 Å². The van der Waals surface area contributed by atoms with Gasteiger partial charge in [-0.25, -0.2) is 5.43 Å². The molecule has 1 amide bonds. The molecule has 2 aromatic rings. The van der Waals surface area contributed by atoms with Gasteiger partial charge in [0.05, 0.1) is 11.2 Å². The van der Waals surface area contributed by atoms with E-state index < -0.39 is 5.91 Å². The lowest BCUT2D eigenvalue weighted by atomic mass is 10.2. The Kier molecular flexibility index (Phi) is 5.63. The smallest absolute Gasteiger partial charge is 0.277 e. The molecule has 0 aliphatic heterocycles. The van der Waals surface area contributed by atoms with E-state index in [1.165, 1.54) is 24.4 Å². The lowest BCUT2D eigenvalue weighted by Crippen LogP contribution is -2.24. The second-order valence-corrected chi connectivity index (χ2v) is 5.09. The number of nitrogens with one attached hydrogen (secondary N) is 1. The number of hydrogen-bond acceptors (Lipinski definition) is 4. The van der Waals surface area contributed by atoms with Crippen LogP contribution in [0.4, 0.5) is 0 Å². The standard InChI is InChI=1S/C15H12Cl2N2O3/c16-11-3-6-14(13(17)7-11)22-9-15(21)19-18-8-10-1-4-12(20)5-2-10/h1-8,20H,9H2,(H,19,21). The summed E-state index contributed by atoms with van der Waals surface area (Å²) in [5.41, 5.74) is 3.06. The van der Waals surface area contributed by atoms with Crippen LogP contribution in [0.5, 0.6) is 11.5 Å². The summed E-state index contributed by atoms with van der Waals surface area (Å²) in [6.07, 6.45) is 1.45. The summed E-state index contributed by atoms with van der Waals surface area (Å²) in [6.45, 7) is -0.228. The zero-order chi connectivity index (χ0) is 15.9. The maximum absolute atomic E-state index is 11.6. The Hall–Kier alpha value is -2.24. The van der Waals surface area contributed by atoms with Crippen molar-refractivity contribution in [2.75, 3.05) is 6.61 Å². The fraction of sp³-hybridized carbons (Fsp3) is 0.0667. The highest BCUT2D eigenvalue weighted by atomic mass is 35.5. The minimum atomic E-state index is -0.430. The highest BCUT2D eigenvalue weighted by Crippen LogP contribution is 2.27. The number of aromatic hydroxyl groups is 1. The summed E-state index contributed by atoms with van der Waals surface area (Å²) < 4.78 is 5.26. The van der Waals surface area contributed by atoms with Gasteiger partial charge in [0.1, 0.15) is 11.5 Å². The molecule has 0 atom stereocenters. The van der Waals surface area contributed by atoms with Crippen LogP contribution in [0.2, 0.25) is 10.0 Å². The number of hydrazone groups is 1. The molecule has 0 saturated heterocycles. The van der Waals surface area contributed by atoms with Gasteiger partial charge in [-0.1, -0.05) is 23.2 Å². The number of carbonyl (C=O) groups excluding carboxylic acids is 1. The molecule has 2 aromatic carbocycles. The maximum atomic E-state index is 11.6. The zero-order valence-electron chi connectivity index (χ0n) is 11.3. The van der Waals surface area contributed by atoms with Crippen molar-refractivity contribution in [1.82, 2.24) is 5.43 Å². The third-order valence-electron chi connectivity index (χ3n) is 2.55. The average Bonchev–Trinajstić information content (AvgIpc) is 2.48. The van der Waals surface area contributed by atoms with Crippen molar-refractivity contribution >= 4 is 35.3 Å². The van der Waals surface area contributed by atoms with Gasteiger partial charge in [-0.3, -0.25) is 4.79 Å². The lowest BCUT2D eigenvalue weighted by Gasteiger charge is -2.06. The Morgan fingerprint density at radius 2 is 1.95 bits per heavy atom. The summed E-state index contributed by atoms with van der Waals surface area (Å²) in [5.74, 6) is 0.0965. The van der Waals surface area contributed by atoms with Gasteiger partial charge in [-0.15, -0.1) is 0 Å². The highest BCUT2D eigenvalue weighted by Gasteiger charge is 2.05. The summed E-state index contributed by atoms with van der Waals surface area (Å²) in [4.78, 5) is 11.6. The molecule has 0 unspecified atom stereocenters. The molecule has 5 nitrogen and oxygen atoms in total. The van der Waals surface area contributed by atoms with Crippen molar-refractivity contribution in [3.63, 3.8) is 0 Å². The molecule has 22 heavy (non-hydrogen) atoms. The third kappa shape index (κ3) is 4.95. The van der Waals surface area contributed by atoms with Gasteiger partial charge in [0.15, 0.2) is 6.61 Å². The predicted molar refractivity (Wildman–Crippen MR) is 85.8 cm³/mol. The number of rotatable bonds is 5. The van der Waals surface area contributed by atoms with E-state index in [1.54, 1.807) is 24.3 Å². The Bertz CT molecular complexity index is 688. The molecular formula is C15H12Cl2N2O3. The molecule has 7 heteroatoms. The average molecular weight is 339 g/mol. The van der Waals surface area contributed by atoms with Crippen molar-refractivity contribution in [3.05, 3.63) is 58.1 Å². The number of amides is 1. The van der Waals surface area contributed by atoms with Crippen LogP contribution in [0.25, 0.3) is 0 Å². The molecule has 2 N–H and O–H groups in total. The van der Waals surface area contributed by atoms with Crippen LogP contribution in [0.15, 0.2) is 47.6 Å². The van der Waals surface area contributed by atoms with E-state index in [0.29, 0.717) is 15.8 Å². The van der Waals surface area contributed by atoms with Gasteiger partial charge in [0, 0.05) is 5.02 Å². The Morgan fingerprint density at radius 3 is 2.64 bits per heavy atom. The van der Waals surface area contributed by atoms with Crippen molar-refractivity contribution in [2.45, 2.75) is 0 Å². The molecule has 0 bridgehead atoms. The van der Waals surface area contributed by atoms with Gasteiger partial charge in [-0.2, -0.15) is 5.10 Å². The first-order valence-electron chi connectivity index (χ1n) is 6.23. The van der Waals surface area contributed by atoms with E-state index in [4.69, 9.17) is 33.0 Å². The number of carbonyl (C=O) groups is 1. The van der Waals surface area contributed by atoms with Crippen molar-refractivity contribution in [2.24, 2.45) is 5.10 Å². The topological polar surface area (TPSA) is 70.9 Å². The molecule has 0 aromatic heterocycles. The largest absolute Gasteiger partial charge is 0.508 e. The molecule has 0 saturated carbocycles. The number of halogens is 2. The number of ether oxygens (including phenoxy) is 1. The third-order valence-corrected chi connectivity index (χ3v) is 3.08. The summed E-state index contributed by atoms with van der Waals surface area (Å²) >= 11 is 11.7. The normalized spacial score (nSPS) is 10.6. The Balaban J connectivity index is 1.81. The lowest BCUT2D eigenvalue weighted by molar-refractivity contribution is -0.123. The van der Waals surface area contributed by atoms with E-state index in [2.05, 4.69) is 10.5 Å². The second kappa shape index (κ2) is 7.68. The molecule has 0 radical (unpaired) electrons. The first kappa shape index (κ1) is 16.1. The van der Waals surface area contributed by atoms with Gasteiger partial charge in [-0.05, 0) is 48.0 Å². The summed E-state index contributed by atoms with van der Waals surface area (Å²) in [5, 5.41) is 13.7. The van der Waals surface area contributed by atoms with Crippen molar-refractivity contribution in [1.29, 1.82) is 0 Å². The second-order valence-electron chi connectivity index (χ2n) is 4.25. The number of nitrogens with zero attached hydrogens (tertiary/aromatic N) is 1. The minimum absolute atomic E-state index is 0.162. The first-order chi connectivity index (χ1) is 10.5. The van der Waals surface area contributed by atoms with E-state index in [9.17, 15) is 4.79 Å². The number of hydrogen-bond donors (Lipinski definition) is 2. The molecule has 0 aliphatic rings. The van der Waals surface area contributed by atoms with Crippen molar-refractivity contribution in [3.8, 4) is 11.5 Å². The molecular weight excluding hydrogens is 327 g/mol. The molecule has 114 valence electrons. The van der Waals surface area contributed by atoms with Gasteiger partial charge >= 0.3 is 0 Å². The van der Waals surface area contributed by atoms with Crippen LogP contribution in [0.3, 0.4) is 0 Å². The minimum Gasteiger partial charge on any atom is -0.508 e. The Morgan fingerprint density at radius 1 is 1.23 bits per heavy atom. The van der Waals surface area contributed by atoms with Crippen LogP contribution in [0, 0.1) is 0 Å². The van der Waals surface area contributed by atoms with Crippen LogP contribution in [0.1, 0.15) is 5.56 Å². The number of phenolic OH excluding ortho intramolecular Hbond substituents is 1. The van der Waals surface area contributed by atoms with Crippen LogP contribution in [-0.2, 0) is 4.79 Å². The molecule has 0 heterocycles. The van der Waals surface area contributed by atoms with E-state index in [-0.39, 0.29) is 12.4 Å². The molecule has 0 fully saturated rings. The number of phenols is 1. The van der Waals surface area contributed by atoms with Crippen LogP contribution in [-0.4, -0.2) is 23.8 Å². The van der Waals surface area contributed by atoms with E-state index in [1.807, 2.05) is 0 Å². The quantitative estimate of drug-likeness (QED) is 0.649. The predicted octanol–water partition coefficient (Wildman–Crippen LogP) is 3.23. The highest BCUT2D eigenvalue weighted by molar-refractivity contribution is 6.35. The van der Waals surface area contributed by atoms with Gasteiger partial charge in [0.25, 0.3) is 5.91 Å². The number of benzene rings is 2. The molecule has 2 rings (SSSR count). The van der Waals surface area contributed by atoms with Crippen molar-refractivity contribution < 1.29 is 14.6 Å². The fourth-order valence-corrected chi connectivity index (χ4v) is 1.97. The van der Waals surface area contributed by atoms with Crippen LogP contribution < -0.4 is 10.2 Å². The van der Waals surface area contributed by atoms with Gasteiger partial charge < -0.3 is 9.84 Å². The maximum Gasteiger partial charge on any atom is 0.277 e. The SMILES string of the molecule is O=C(COc1ccc(Cl)cc1Cl)NN=Cc1ccc(O)cc1. The molecule has 0 aliphatic carbocycles. The van der Waals surface area contributed by atoms with E-state index >= 15 is 0 Å².